The van der Waals surface area contributed by atoms with E-state index in [2.05, 4.69) is 76.3 Å². The van der Waals surface area contributed by atoms with E-state index in [0.29, 0.717) is 6.04 Å². The zero-order valence-corrected chi connectivity index (χ0v) is 14.9. The third-order valence-electron chi connectivity index (χ3n) is 4.78. The van der Waals surface area contributed by atoms with E-state index in [1.165, 1.54) is 30.4 Å². The van der Waals surface area contributed by atoms with Crippen molar-refractivity contribution < 1.29 is 0 Å². The fourth-order valence-electron chi connectivity index (χ4n) is 2.98. The van der Waals surface area contributed by atoms with Crippen molar-refractivity contribution in [2.75, 3.05) is 20.6 Å². The molecule has 0 aromatic heterocycles. The van der Waals surface area contributed by atoms with Crippen LogP contribution in [0.1, 0.15) is 64.1 Å². The van der Waals surface area contributed by atoms with Crippen molar-refractivity contribution >= 4 is 0 Å². The number of nitrogens with one attached hydrogen (secondary N) is 1. The summed E-state index contributed by atoms with van der Waals surface area (Å²) in [5, 5.41) is 3.79. The van der Waals surface area contributed by atoms with Gasteiger partial charge in [0, 0.05) is 5.54 Å². The molecule has 2 unspecified atom stereocenters. The van der Waals surface area contributed by atoms with Gasteiger partial charge in [0.05, 0.1) is 6.04 Å². The molecule has 2 atom stereocenters. The first-order valence-electron chi connectivity index (χ1n) is 8.49. The van der Waals surface area contributed by atoms with Crippen LogP contribution in [0.5, 0.6) is 0 Å². The van der Waals surface area contributed by atoms with Crippen LogP contribution < -0.4 is 5.32 Å². The number of nitrogens with zero attached hydrogens (tertiary/aromatic N) is 1. The highest BCUT2D eigenvalue weighted by Crippen LogP contribution is 2.33. The van der Waals surface area contributed by atoms with Crippen LogP contribution in [-0.2, 0) is 6.42 Å². The molecule has 21 heavy (non-hydrogen) atoms. The summed E-state index contributed by atoms with van der Waals surface area (Å²) in [5.41, 5.74) is 3.00. The Hall–Kier alpha value is -0.860. The van der Waals surface area contributed by atoms with Gasteiger partial charge in [-0.05, 0) is 58.0 Å². The highest BCUT2D eigenvalue weighted by atomic mass is 15.2. The van der Waals surface area contributed by atoms with Gasteiger partial charge < -0.3 is 10.2 Å². The van der Waals surface area contributed by atoms with Crippen LogP contribution in [0.15, 0.2) is 24.3 Å². The molecule has 0 amide bonds. The number of rotatable bonds is 9. The lowest BCUT2D eigenvalue weighted by atomic mass is 9.82. The molecule has 2 nitrogen and oxygen atoms in total. The van der Waals surface area contributed by atoms with Crippen LogP contribution >= 0.6 is 0 Å². The second-order valence-corrected chi connectivity index (χ2v) is 6.49. The van der Waals surface area contributed by atoms with Crippen molar-refractivity contribution in [2.24, 2.45) is 0 Å². The fourth-order valence-corrected chi connectivity index (χ4v) is 2.98. The third-order valence-corrected chi connectivity index (χ3v) is 4.78. The van der Waals surface area contributed by atoms with E-state index in [-0.39, 0.29) is 5.54 Å². The van der Waals surface area contributed by atoms with Crippen molar-refractivity contribution in [2.45, 2.75) is 65.0 Å². The van der Waals surface area contributed by atoms with E-state index < -0.39 is 0 Å². The van der Waals surface area contributed by atoms with Crippen LogP contribution in [-0.4, -0.2) is 31.1 Å². The summed E-state index contributed by atoms with van der Waals surface area (Å²) in [5.74, 6) is 0. The van der Waals surface area contributed by atoms with E-state index in [0.717, 1.165) is 13.0 Å². The second kappa shape index (κ2) is 8.55. The molecular formula is C19H34N2. The summed E-state index contributed by atoms with van der Waals surface area (Å²) in [7, 11) is 4.39. The molecule has 1 rings (SSSR count). The normalized spacial score (nSPS) is 16.0. The molecule has 0 aliphatic rings. The van der Waals surface area contributed by atoms with E-state index in [1.807, 2.05) is 0 Å². The third kappa shape index (κ3) is 4.55. The van der Waals surface area contributed by atoms with Crippen molar-refractivity contribution in [3.63, 3.8) is 0 Å². The fraction of sp³-hybridized carbons (Fsp3) is 0.684. The number of likely N-dealkylation sites (N-methyl/N-ethyl adjacent to an activating group) is 1. The van der Waals surface area contributed by atoms with Gasteiger partial charge >= 0.3 is 0 Å². The molecule has 0 spiro atoms. The highest BCUT2D eigenvalue weighted by molar-refractivity contribution is 5.29. The van der Waals surface area contributed by atoms with Crippen LogP contribution in [0.3, 0.4) is 0 Å². The van der Waals surface area contributed by atoms with E-state index >= 15 is 0 Å². The molecule has 0 fully saturated rings. The molecule has 120 valence electrons. The monoisotopic (exact) mass is 290 g/mol. The minimum Gasteiger partial charge on any atom is -0.308 e. The Morgan fingerprint density at radius 3 is 2.38 bits per heavy atom. The Morgan fingerprint density at radius 2 is 1.86 bits per heavy atom. The van der Waals surface area contributed by atoms with Gasteiger partial charge in [-0.1, -0.05) is 51.5 Å². The van der Waals surface area contributed by atoms with Gasteiger partial charge in [0.1, 0.15) is 0 Å². The van der Waals surface area contributed by atoms with Gasteiger partial charge in [0.2, 0.25) is 0 Å². The summed E-state index contributed by atoms with van der Waals surface area (Å²) in [6.45, 7) is 10.2. The maximum Gasteiger partial charge on any atom is 0.0504 e. The van der Waals surface area contributed by atoms with Gasteiger partial charge in [0.15, 0.2) is 0 Å². The Bertz CT molecular complexity index is 414. The average Bonchev–Trinajstić information content (AvgIpc) is 2.48. The highest BCUT2D eigenvalue weighted by Gasteiger charge is 2.35. The summed E-state index contributed by atoms with van der Waals surface area (Å²) in [4.78, 5) is 2.37. The first-order chi connectivity index (χ1) is 9.99. The topological polar surface area (TPSA) is 15.3 Å². The van der Waals surface area contributed by atoms with E-state index in [4.69, 9.17) is 0 Å². The molecule has 0 aliphatic heterocycles. The zero-order chi connectivity index (χ0) is 15.9. The van der Waals surface area contributed by atoms with E-state index in [1.54, 1.807) is 0 Å². The Kier molecular flexibility index (Phi) is 7.41. The molecular weight excluding hydrogens is 256 g/mol. The minimum atomic E-state index is 0.125. The molecule has 0 radical (unpaired) electrons. The van der Waals surface area contributed by atoms with Crippen LogP contribution in [0.2, 0.25) is 0 Å². The Morgan fingerprint density at radius 1 is 1.14 bits per heavy atom. The first kappa shape index (κ1) is 18.2. The maximum atomic E-state index is 3.79. The van der Waals surface area contributed by atoms with Gasteiger partial charge in [0.25, 0.3) is 0 Å². The minimum absolute atomic E-state index is 0.125. The molecule has 0 saturated carbocycles. The summed E-state index contributed by atoms with van der Waals surface area (Å²) in [6, 6.07) is 9.52. The van der Waals surface area contributed by atoms with Crippen molar-refractivity contribution in [1.82, 2.24) is 10.2 Å². The van der Waals surface area contributed by atoms with Crippen molar-refractivity contribution in [1.29, 1.82) is 0 Å². The van der Waals surface area contributed by atoms with Gasteiger partial charge in [-0.3, -0.25) is 0 Å². The number of hydrogen-bond acceptors (Lipinski definition) is 2. The number of hydrogen-bond donors (Lipinski definition) is 1. The smallest absolute Gasteiger partial charge is 0.0504 e. The van der Waals surface area contributed by atoms with E-state index in [9.17, 15) is 0 Å². The van der Waals surface area contributed by atoms with Gasteiger partial charge in [-0.15, -0.1) is 0 Å². The Balaban J connectivity index is 3.14. The number of benzene rings is 1. The quantitative estimate of drug-likeness (QED) is 0.724. The van der Waals surface area contributed by atoms with Gasteiger partial charge in [-0.2, -0.15) is 0 Å². The summed E-state index contributed by atoms with van der Waals surface area (Å²) >= 11 is 0. The molecule has 0 bridgehead atoms. The molecule has 0 heterocycles. The average molecular weight is 290 g/mol. The van der Waals surface area contributed by atoms with Crippen molar-refractivity contribution in [3.05, 3.63) is 35.4 Å². The largest absolute Gasteiger partial charge is 0.308 e. The zero-order valence-electron chi connectivity index (χ0n) is 14.9. The lowest BCUT2D eigenvalue weighted by Gasteiger charge is -2.43. The molecule has 1 aromatic rings. The number of aryl methyl sites for hydroxylation is 1. The lowest BCUT2D eigenvalue weighted by Crippen LogP contribution is -2.51. The molecule has 1 aromatic carbocycles. The lowest BCUT2D eigenvalue weighted by molar-refractivity contribution is 0.113. The second-order valence-electron chi connectivity index (χ2n) is 6.49. The standard InChI is InChI=1S/C19H34N2/c1-7-11-16-12-10-13-17(15-16)18(20-14-8-2)19(4,9-3)21(5)6/h10,12-13,15,18,20H,7-9,11,14H2,1-6H3. The molecule has 0 saturated heterocycles. The van der Waals surface area contributed by atoms with Crippen LogP contribution in [0.25, 0.3) is 0 Å². The van der Waals surface area contributed by atoms with Gasteiger partial charge in [-0.25, -0.2) is 0 Å². The van der Waals surface area contributed by atoms with Crippen LogP contribution in [0.4, 0.5) is 0 Å². The molecule has 0 aliphatic carbocycles. The predicted molar refractivity (Wildman–Crippen MR) is 93.9 cm³/mol. The first-order valence-corrected chi connectivity index (χ1v) is 8.49. The summed E-state index contributed by atoms with van der Waals surface area (Å²) < 4.78 is 0. The van der Waals surface area contributed by atoms with Crippen LogP contribution in [0, 0.1) is 0 Å². The van der Waals surface area contributed by atoms with Crippen molar-refractivity contribution in [3.8, 4) is 0 Å². The SMILES string of the molecule is CCCNC(c1cccc(CCC)c1)C(C)(CC)N(C)C. The predicted octanol–water partition coefficient (Wildman–Crippen LogP) is 4.41. The molecule has 2 heteroatoms. The summed E-state index contributed by atoms with van der Waals surface area (Å²) in [6.07, 6.45) is 4.66. The molecule has 1 N–H and O–H groups in total. The Labute approximate surface area is 131 Å². The maximum absolute atomic E-state index is 3.79.